The van der Waals surface area contributed by atoms with Crippen LogP contribution in [0.1, 0.15) is 26.2 Å². The van der Waals surface area contributed by atoms with Gasteiger partial charge < -0.3 is 5.11 Å². The van der Waals surface area contributed by atoms with Gasteiger partial charge in [-0.25, -0.2) is 0 Å². The predicted octanol–water partition coefficient (Wildman–Crippen LogP) is 1.67. The molecule has 0 aromatic rings. The number of aliphatic hydroxyl groups is 1. The predicted molar refractivity (Wildman–Crippen MR) is 36.6 cm³/mol. The molecule has 0 heterocycles. The summed E-state index contributed by atoms with van der Waals surface area (Å²) >= 11 is 0. The Morgan fingerprint density at radius 3 is 2.33 bits per heavy atom. The molecule has 2 nitrogen and oxygen atoms in total. The van der Waals surface area contributed by atoms with E-state index >= 15 is 0 Å². The zero-order chi connectivity index (χ0) is 9.78. The van der Waals surface area contributed by atoms with Crippen LogP contribution in [-0.4, -0.2) is 23.2 Å². The number of halogens is 3. The second-order valence-electron chi connectivity index (χ2n) is 2.55. The van der Waals surface area contributed by atoms with Crippen molar-refractivity contribution < 1.29 is 23.1 Å². The molecule has 1 N–H and O–H groups in total. The van der Waals surface area contributed by atoms with Crippen molar-refractivity contribution in [3.8, 4) is 0 Å². The van der Waals surface area contributed by atoms with E-state index in [1.807, 2.05) is 0 Å². The lowest BCUT2D eigenvalue weighted by Crippen LogP contribution is -2.30. The number of alkyl halides is 3. The number of Topliss-reactive ketones (excluding diaryl/α,β-unsaturated/α-hetero) is 1. The Balaban J connectivity index is 3.84. The van der Waals surface area contributed by atoms with Gasteiger partial charge in [-0.05, 0) is 6.42 Å². The fourth-order valence-electron chi connectivity index (χ4n) is 0.712. The zero-order valence-electron chi connectivity index (χ0n) is 6.69. The van der Waals surface area contributed by atoms with E-state index in [0.29, 0.717) is 6.42 Å². The van der Waals surface area contributed by atoms with Crippen LogP contribution < -0.4 is 0 Å². The van der Waals surface area contributed by atoms with Gasteiger partial charge in [-0.1, -0.05) is 6.92 Å². The highest BCUT2D eigenvalue weighted by atomic mass is 19.4. The summed E-state index contributed by atoms with van der Waals surface area (Å²) in [7, 11) is 0. The van der Waals surface area contributed by atoms with Crippen LogP contribution in [0.15, 0.2) is 0 Å². The first-order chi connectivity index (χ1) is 5.38. The molecule has 0 spiro atoms. The third kappa shape index (κ3) is 4.33. The molecule has 12 heavy (non-hydrogen) atoms. The Morgan fingerprint density at radius 1 is 1.50 bits per heavy atom. The molecular formula is C7H11F3O2. The molecule has 0 radical (unpaired) electrons. The summed E-state index contributed by atoms with van der Waals surface area (Å²) in [5, 5.41) is 8.44. The van der Waals surface area contributed by atoms with Crippen LogP contribution in [0, 0.1) is 0 Å². The Morgan fingerprint density at radius 2 is 2.00 bits per heavy atom. The lowest BCUT2D eigenvalue weighted by atomic mass is 10.1. The summed E-state index contributed by atoms with van der Waals surface area (Å²) in [6, 6.07) is 0. The lowest BCUT2D eigenvalue weighted by Gasteiger charge is -2.12. The van der Waals surface area contributed by atoms with Crippen LogP contribution in [0.3, 0.4) is 0 Å². The maximum atomic E-state index is 11.6. The van der Waals surface area contributed by atoms with E-state index in [1.165, 1.54) is 0 Å². The molecule has 0 fully saturated rings. The van der Waals surface area contributed by atoms with Gasteiger partial charge in [-0.2, -0.15) is 13.2 Å². The lowest BCUT2D eigenvalue weighted by molar-refractivity contribution is -0.205. The van der Waals surface area contributed by atoms with Gasteiger partial charge in [0.25, 0.3) is 0 Å². The summed E-state index contributed by atoms with van der Waals surface area (Å²) in [5.74, 6) is -0.553. The molecule has 1 unspecified atom stereocenters. The van der Waals surface area contributed by atoms with E-state index in [0.717, 1.165) is 0 Å². The minimum Gasteiger partial charge on any atom is -0.383 e. The van der Waals surface area contributed by atoms with E-state index in [-0.39, 0.29) is 6.42 Å². The van der Waals surface area contributed by atoms with Crippen molar-refractivity contribution >= 4 is 5.78 Å². The van der Waals surface area contributed by atoms with Gasteiger partial charge in [0.1, 0.15) is 5.78 Å². The largest absolute Gasteiger partial charge is 0.414 e. The average Bonchev–Trinajstić information content (AvgIpc) is 1.85. The summed E-state index contributed by atoms with van der Waals surface area (Å²) in [5.41, 5.74) is 0. The Kier molecular flexibility index (Phi) is 4.23. The van der Waals surface area contributed by atoms with E-state index in [4.69, 9.17) is 5.11 Å². The van der Waals surface area contributed by atoms with Gasteiger partial charge in [0.05, 0.1) is 0 Å². The van der Waals surface area contributed by atoms with Crippen LogP contribution in [0.2, 0.25) is 0 Å². The van der Waals surface area contributed by atoms with Crippen molar-refractivity contribution in [3.05, 3.63) is 0 Å². The summed E-state index contributed by atoms with van der Waals surface area (Å²) in [6.07, 6.45) is -7.41. The molecule has 0 aromatic heterocycles. The highest BCUT2D eigenvalue weighted by Crippen LogP contribution is 2.22. The number of hydrogen-bond acceptors (Lipinski definition) is 2. The minimum atomic E-state index is -4.68. The number of carbonyl (C=O) groups is 1. The van der Waals surface area contributed by atoms with Gasteiger partial charge in [0.2, 0.25) is 0 Å². The molecule has 0 bridgehead atoms. The Hall–Kier alpha value is -0.580. The molecule has 0 aliphatic heterocycles. The molecule has 0 aromatic carbocycles. The van der Waals surface area contributed by atoms with Crippen LogP contribution >= 0.6 is 0 Å². The molecule has 1 atom stereocenters. The van der Waals surface area contributed by atoms with Crippen molar-refractivity contribution in [1.82, 2.24) is 0 Å². The quantitative estimate of drug-likeness (QED) is 0.721. The first-order valence-corrected chi connectivity index (χ1v) is 3.64. The standard InChI is InChI=1S/C7H11F3O2/c1-2-3-5(11)4-6(12)7(8,9)10/h6,12H,2-4H2,1H3. The van der Waals surface area contributed by atoms with Crippen LogP contribution in [0.25, 0.3) is 0 Å². The number of rotatable bonds is 4. The minimum absolute atomic E-state index is 0.0904. The molecule has 0 aliphatic carbocycles. The molecule has 0 saturated carbocycles. The fraction of sp³-hybridized carbons (Fsp3) is 0.857. The first kappa shape index (κ1) is 11.4. The van der Waals surface area contributed by atoms with Gasteiger partial charge in [0.15, 0.2) is 6.10 Å². The maximum absolute atomic E-state index is 11.6. The Bertz CT molecular complexity index is 153. The summed E-state index contributed by atoms with van der Waals surface area (Å²) < 4.78 is 34.9. The normalized spacial score (nSPS) is 14.4. The average molecular weight is 184 g/mol. The van der Waals surface area contributed by atoms with E-state index < -0.39 is 24.5 Å². The van der Waals surface area contributed by atoms with Crippen LogP contribution in [0.5, 0.6) is 0 Å². The molecular weight excluding hydrogens is 173 g/mol. The molecule has 0 amide bonds. The molecule has 72 valence electrons. The number of carbonyl (C=O) groups excluding carboxylic acids is 1. The molecule has 0 saturated heterocycles. The molecule has 0 aliphatic rings. The van der Waals surface area contributed by atoms with Crippen molar-refractivity contribution in [1.29, 1.82) is 0 Å². The monoisotopic (exact) mass is 184 g/mol. The zero-order valence-corrected chi connectivity index (χ0v) is 6.69. The first-order valence-electron chi connectivity index (χ1n) is 3.64. The topological polar surface area (TPSA) is 37.3 Å². The third-order valence-electron chi connectivity index (χ3n) is 1.33. The van der Waals surface area contributed by atoms with E-state index in [1.54, 1.807) is 6.92 Å². The highest BCUT2D eigenvalue weighted by molar-refractivity contribution is 5.78. The smallest absolute Gasteiger partial charge is 0.383 e. The van der Waals surface area contributed by atoms with Gasteiger partial charge in [-0.3, -0.25) is 4.79 Å². The third-order valence-corrected chi connectivity index (χ3v) is 1.33. The van der Waals surface area contributed by atoms with Gasteiger partial charge in [-0.15, -0.1) is 0 Å². The van der Waals surface area contributed by atoms with Crippen molar-refractivity contribution in [2.24, 2.45) is 0 Å². The van der Waals surface area contributed by atoms with E-state index in [2.05, 4.69) is 0 Å². The highest BCUT2D eigenvalue weighted by Gasteiger charge is 2.38. The van der Waals surface area contributed by atoms with Gasteiger partial charge in [0, 0.05) is 12.8 Å². The second-order valence-corrected chi connectivity index (χ2v) is 2.55. The maximum Gasteiger partial charge on any atom is 0.414 e. The Labute approximate surface area is 68.4 Å². The van der Waals surface area contributed by atoms with Crippen molar-refractivity contribution in [2.45, 2.75) is 38.5 Å². The van der Waals surface area contributed by atoms with Crippen LogP contribution in [-0.2, 0) is 4.79 Å². The second kappa shape index (κ2) is 4.45. The summed E-state index contributed by atoms with van der Waals surface area (Å²) in [4.78, 5) is 10.6. The molecule has 0 rings (SSSR count). The number of hydrogen-bond donors (Lipinski definition) is 1. The van der Waals surface area contributed by atoms with Crippen molar-refractivity contribution in [2.75, 3.05) is 0 Å². The fourth-order valence-corrected chi connectivity index (χ4v) is 0.712. The SMILES string of the molecule is CCCC(=O)CC(O)C(F)(F)F. The van der Waals surface area contributed by atoms with Gasteiger partial charge >= 0.3 is 6.18 Å². The summed E-state index contributed by atoms with van der Waals surface area (Å²) in [6.45, 7) is 1.69. The number of aliphatic hydroxyl groups excluding tert-OH is 1. The number of ketones is 1. The van der Waals surface area contributed by atoms with Crippen molar-refractivity contribution in [3.63, 3.8) is 0 Å². The molecule has 5 heteroatoms. The van der Waals surface area contributed by atoms with E-state index in [9.17, 15) is 18.0 Å². The van der Waals surface area contributed by atoms with Crippen LogP contribution in [0.4, 0.5) is 13.2 Å².